The van der Waals surface area contributed by atoms with Crippen molar-refractivity contribution in [2.45, 2.75) is 37.8 Å². The Kier molecular flexibility index (Phi) is 8.27. The quantitative estimate of drug-likeness (QED) is 0.701. The van der Waals surface area contributed by atoms with Gasteiger partial charge in [0.15, 0.2) is 0 Å². The standard InChI is InChI=1S/C18H22ClN5O2.C2HF3O2/c19-15-9-21-24(11-15)13-18(25)23-5-3-17-16(12-23)22(6-7-26-17)10-14-2-1-4-20-8-14;3-2(4,5)1(6)7/h1-2,4,8-9,11,16-17H,3,5-7,10,12-13H2;(H,6,7)/t16-,17-;/m0./s1. The summed E-state index contributed by atoms with van der Waals surface area (Å²) in [5, 5.41) is 11.8. The second kappa shape index (κ2) is 10.9. The molecule has 13 heteroatoms. The van der Waals surface area contributed by atoms with Crippen molar-refractivity contribution in [1.82, 2.24) is 24.6 Å². The van der Waals surface area contributed by atoms with Crippen molar-refractivity contribution in [3.05, 3.63) is 47.5 Å². The number of carboxylic acid groups (broad SMARTS) is 1. The summed E-state index contributed by atoms with van der Waals surface area (Å²) in [5.41, 5.74) is 1.18. The van der Waals surface area contributed by atoms with Gasteiger partial charge in [0, 0.05) is 44.8 Å². The summed E-state index contributed by atoms with van der Waals surface area (Å²) in [6, 6.07) is 4.26. The lowest BCUT2D eigenvalue weighted by Crippen LogP contribution is -2.60. The second-order valence-corrected chi connectivity index (χ2v) is 8.03. The number of alkyl halides is 3. The SMILES string of the molecule is O=C(Cn1cc(Cl)cn1)N1CC[C@@H]2OCCN(Cc3cccnc3)[C@H]2C1.O=C(O)C(F)(F)F. The van der Waals surface area contributed by atoms with Crippen LogP contribution in [0.15, 0.2) is 36.9 Å². The fourth-order valence-electron chi connectivity index (χ4n) is 3.75. The average molecular weight is 490 g/mol. The third kappa shape index (κ3) is 7.14. The lowest BCUT2D eigenvalue weighted by atomic mass is 9.98. The highest BCUT2D eigenvalue weighted by molar-refractivity contribution is 6.30. The van der Waals surface area contributed by atoms with Crippen LogP contribution in [0.3, 0.4) is 0 Å². The molecule has 0 radical (unpaired) electrons. The van der Waals surface area contributed by atoms with Crippen LogP contribution in [-0.2, 0) is 27.4 Å². The van der Waals surface area contributed by atoms with E-state index in [4.69, 9.17) is 26.2 Å². The zero-order chi connectivity index (χ0) is 24.0. The van der Waals surface area contributed by atoms with Crippen molar-refractivity contribution in [1.29, 1.82) is 0 Å². The molecule has 0 saturated carbocycles. The summed E-state index contributed by atoms with van der Waals surface area (Å²) in [6.45, 7) is 4.05. The van der Waals surface area contributed by atoms with Gasteiger partial charge in [-0.25, -0.2) is 4.79 Å². The van der Waals surface area contributed by atoms with Crippen LogP contribution in [0.25, 0.3) is 0 Å². The van der Waals surface area contributed by atoms with Gasteiger partial charge in [-0.1, -0.05) is 17.7 Å². The van der Waals surface area contributed by atoms with Crippen LogP contribution in [0.5, 0.6) is 0 Å². The highest BCUT2D eigenvalue weighted by Crippen LogP contribution is 2.25. The molecule has 1 N–H and O–H groups in total. The van der Waals surface area contributed by atoms with E-state index in [2.05, 4.69) is 21.0 Å². The van der Waals surface area contributed by atoms with E-state index in [0.717, 1.165) is 32.7 Å². The fourth-order valence-corrected chi connectivity index (χ4v) is 3.91. The zero-order valence-corrected chi connectivity index (χ0v) is 18.2. The first kappa shape index (κ1) is 24.9. The molecular weight excluding hydrogens is 467 g/mol. The zero-order valence-electron chi connectivity index (χ0n) is 17.5. The van der Waals surface area contributed by atoms with Crippen molar-refractivity contribution >= 4 is 23.5 Å². The Labute approximate surface area is 192 Å². The molecule has 9 nitrogen and oxygen atoms in total. The van der Waals surface area contributed by atoms with Crippen LogP contribution < -0.4 is 0 Å². The minimum atomic E-state index is -5.08. The van der Waals surface area contributed by atoms with Crippen LogP contribution in [0.1, 0.15) is 12.0 Å². The average Bonchev–Trinajstić information content (AvgIpc) is 3.18. The Morgan fingerprint density at radius 1 is 1.27 bits per heavy atom. The number of morpholine rings is 1. The number of hydrogen-bond donors (Lipinski definition) is 1. The molecule has 0 aromatic carbocycles. The van der Waals surface area contributed by atoms with Crippen molar-refractivity contribution in [2.24, 2.45) is 0 Å². The van der Waals surface area contributed by atoms with Gasteiger partial charge in [-0.15, -0.1) is 0 Å². The monoisotopic (exact) mass is 489 g/mol. The molecule has 1 amide bonds. The lowest BCUT2D eigenvalue weighted by molar-refractivity contribution is -0.192. The molecule has 2 atom stereocenters. The van der Waals surface area contributed by atoms with E-state index in [-0.39, 0.29) is 24.6 Å². The van der Waals surface area contributed by atoms with E-state index < -0.39 is 12.1 Å². The van der Waals surface area contributed by atoms with Gasteiger partial charge < -0.3 is 14.7 Å². The number of ether oxygens (including phenoxy) is 1. The Hall–Kier alpha value is -2.70. The van der Waals surface area contributed by atoms with E-state index in [1.54, 1.807) is 23.3 Å². The van der Waals surface area contributed by atoms with Gasteiger partial charge >= 0.3 is 12.1 Å². The molecule has 2 aromatic rings. The van der Waals surface area contributed by atoms with E-state index in [9.17, 15) is 18.0 Å². The first-order valence-electron chi connectivity index (χ1n) is 10.1. The number of hydrogen-bond acceptors (Lipinski definition) is 6. The number of fused-ring (bicyclic) bond motifs is 1. The number of carbonyl (C=O) groups is 2. The van der Waals surface area contributed by atoms with Crippen molar-refractivity contribution < 1.29 is 32.6 Å². The molecule has 2 saturated heterocycles. The summed E-state index contributed by atoms with van der Waals surface area (Å²) < 4.78 is 39.3. The maximum Gasteiger partial charge on any atom is 0.490 e. The van der Waals surface area contributed by atoms with Crippen LogP contribution in [0, 0.1) is 0 Å². The van der Waals surface area contributed by atoms with Gasteiger partial charge in [0.05, 0.1) is 30.0 Å². The Bertz CT molecular complexity index is 943. The van der Waals surface area contributed by atoms with Crippen LogP contribution in [-0.4, -0.2) is 86.1 Å². The molecule has 33 heavy (non-hydrogen) atoms. The predicted octanol–water partition coefficient (Wildman–Crippen LogP) is 2.07. The minimum absolute atomic E-state index is 0.0649. The Balaban J connectivity index is 0.000000383. The van der Waals surface area contributed by atoms with Gasteiger partial charge in [-0.3, -0.25) is 19.4 Å². The minimum Gasteiger partial charge on any atom is -0.475 e. The van der Waals surface area contributed by atoms with Gasteiger partial charge in [0.25, 0.3) is 0 Å². The largest absolute Gasteiger partial charge is 0.490 e. The van der Waals surface area contributed by atoms with Gasteiger partial charge in [-0.05, 0) is 18.1 Å². The summed E-state index contributed by atoms with van der Waals surface area (Å²) in [5.74, 6) is -2.69. The lowest BCUT2D eigenvalue weighted by Gasteiger charge is -2.47. The number of pyridine rings is 1. The number of amides is 1. The number of halogens is 4. The molecule has 2 aromatic heterocycles. The molecule has 0 bridgehead atoms. The predicted molar refractivity (Wildman–Crippen MR) is 110 cm³/mol. The third-order valence-electron chi connectivity index (χ3n) is 5.30. The number of likely N-dealkylation sites (tertiary alicyclic amines) is 1. The molecule has 2 aliphatic rings. The van der Waals surface area contributed by atoms with Crippen LogP contribution >= 0.6 is 11.6 Å². The van der Waals surface area contributed by atoms with Gasteiger partial charge in [0.1, 0.15) is 6.54 Å². The third-order valence-corrected chi connectivity index (χ3v) is 5.50. The van der Waals surface area contributed by atoms with Crippen molar-refractivity contribution in [3.63, 3.8) is 0 Å². The van der Waals surface area contributed by atoms with E-state index in [1.165, 1.54) is 5.56 Å². The normalized spacial score (nSPS) is 21.0. The van der Waals surface area contributed by atoms with Crippen LogP contribution in [0.4, 0.5) is 13.2 Å². The number of nitrogens with zero attached hydrogens (tertiary/aromatic N) is 5. The molecule has 2 aliphatic heterocycles. The molecule has 0 unspecified atom stereocenters. The number of carboxylic acids is 1. The maximum absolute atomic E-state index is 12.7. The Morgan fingerprint density at radius 2 is 2.03 bits per heavy atom. The topological polar surface area (TPSA) is 101 Å². The molecule has 180 valence electrons. The molecule has 4 heterocycles. The molecular formula is C20H23ClF3N5O4. The fraction of sp³-hybridized carbons (Fsp3) is 0.500. The summed E-state index contributed by atoms with van der Waals surface area (Å²) in [6.07, 6.45) is 2.87. The first-order chi connectivity index (χ1) is 15.6. The highest BCUT2D eigenvalue weighted by atomic mass is 35.5. The second-order valence-electron chi connectivity index (χ2n) is 7.60. The number of rotatable bonds is 4. The highest BCUT2D eigenvalue weighted by Gasteiger charge is 2.39. The van der Waals surface area contributed by atoms with Gasteiger partial charge in [0.2, 0.25) is 5.91 Å². The number of piperidine rings is 1. The summed E-state index contributed by atoms with van der Waals surface area (Å²) in [4.78, 5) is 30.1. The molecule has 0 aliphatic carbocycles. The first-order valence-corrected chi connectivity index (χ1v) is 10.5. The molecule has 2 fully saturated rings. The van der Waals surface area contributed by atoms with Crippen LogP contribution in [0.2, 0.25) is 5.02 Å². The van der Waals surface area contributed by atoms with E-state index in [1.807, 2.05) is 17.2 Å². The van der Waals surface area contributed by atoms with E-state index >= 15 is 0 Å². The maximum atomic E-state index is 12.7. The smallest absolute Gasteiger partial charge is 0.475 e. The number of carbonyl (C=O) groups excluding carboxylic acids is 1. The summed E-state index contributed by atoms with van der Waals surface area (Å²) >= 11 is 5.88. The molecule has 4 rings (SSSR count). The van der Waals surface area contributed by atoms with Crippen molar-refractivity contribution in [3.8, 4) is 0 Å². The molecule has 0 spiro atoms. The van der Waals surface area contributed by atoms with E-state index in [0.29, 0.717) is 11.6 Å². The number of aliphatic carboxylic acids is 1. The number of aromatic nitrogens is 3. The summed E-state index contributed by atoms with van der Waals surface area (Å²) in [7, 11) is 0. The van der Waals surface area contributed by atoms with Crippen molar-refractivity contribution in [2.75, 3.05) is 26.2 Å². The van der Waals surface area contributed by atoms with Gasteiger partial charge in [-0.2, -0.15) is 18.3 Å². The Morgan fingerprint density at radius 3 is 2.64 bits per heavy atom.